The number of nitrogens with two attached hydrogens (primary N) is 1. The number of aliphatic hydroxyl groups is 1. The first-order chi connectivity index (χ1) is 24.9. The smallest absolute Gasteiger partial charge is 0.391 e. The molecule has 0 bridgehead atoms. The minimum Gasteiger partial charge on any atom is -0.391 e. The van der Waals surface area contributed by atoms with Crippen LogP contribution in [0.1, 0.15) is 181 Å². The number of phosphoric ester groups is 1. The highest BCUT2D eigenvalue weighted by molar-refractivity contribution is 7.47. The Morgan fingerprint density at radius 1 is 0.667 bits per heavy atom. The summed E-state index contributed by atoms with van der Waals surface area (Å²) in [5, 5.41) is 13.7. The molecule has 8 nitrogen and oxygen atoms in total. The number of hydrogen-bond acceptors (Lipinski definition) is 6. The zero-order valence-corrected chi connectivity index (χ0v) is 33.7. The highest BCUT2D eigenvalue weighted by Gasteiger charge is 2.27. The monoisotopic (exact) mass is 739 g/mol. The third-order valence-corrected chi connectivity index (χ3v) is 9.93. The van der Waals surface area contributed by atoms with Gasteiger partial charge in [0.25, 0.3) is 0 Å². The summed E-state index contributed by atoms with van der Waals surface area (Å²) < 4.78 is 22.1. The van der Waals surface area contributed by atoms with Crippen molar-refractivity contribution < 1.29 is 28.4 Å². The molecule has 0 rings (SSSR count). The predicted octanol–water partition coefficient (Wildman–Crippen LogP) is 11.3. The molecule has 0 aliphatic heterocycles. The van der Waals surface area contributed by atoms with E-state index in [4.69, 9.17) is 14.8 Å². The van der Waals surface area contributed by atoms with Crippen LogP contribution in [0.2, 0.25) is 0 Å². The highest BCUT2D eigenvalue weighted by Crippen LogP contribution is 2.43. The van der Waals surface area contributed by atoms with Gasteiger partial charge in [0.2, 0.25) is 5.91 Å². The lowest BCUT2D eigenvalue weighted by Gasteiger charge is -2.25. The van der Waals surface area contributed by atoms with Crippen LogP contribution in [0, 0.1) is 0 Å². The van der Waals surface area contributed by atoms with Gasteiger partial charge in [0, 0.05) is 13.0 Å². The van der Waals surface area contributed by atoms with Crippen molar-refractivity contribution in [1.82, 2.24) is 5.32 Å². The highest BCUT2D eigenvalue weighted by atomic mass is 31.2. The van der Waals surface area contributed by atoms with Crippen LogP contribution in [0.15, 0.2) is 48.6 Å². The fourth-order valence-corrected chi connectivity index (χ4v) is 6.59. The summed E-state index contributed by atoms with van der Waals surface area (Å²) in [6, 6.07) is -0.776. The van der Waals surface area contributed by atoms with Crippen LogP contribution >= 0.6 is 7.82 Å². The number of carbonyl (C=O) groups is 1. The van der Waals surface area contributed by atoms with E-state index < -0.39 is 20.0 Å². The molecule has 0 aromatic heterocycles. The molecule has 5 N–H and O–H groups in total. The van der Waals surface area contributed by atoms with Gasteiger partial charge in [-0.15, -0.1) is 0 Å². The van der Waals surface area contributed by atoms with Gasteiger partial charge in [-0.05, 0) is 51.4 Å². The quantitative estimate of drug-likeness (QED) is 0.0282. The molecule has 0 aliphatic rings. The molecule has 0 saturated carbocycles. The maximum atomic E-state index is 12.7. The average Bonchev–Trinajstić information content (AvgIpc) is 3.12. The summed E-state index contributed by atoms with van der Waals surface area (Å²) >= 11 is 0. The Kier molecular flexibility index (Phi) is 37.0. The van der Waals surface area contributed by atoms with Gasteiger partial charge < -0.3 is 21.1 Å². The molecule has 0 spiro atoms. The molecule has 3 atom stereocenters. The molecule has 0 aromatic carbocycles. The van der Waals surface area contributed by atoms with Crippen LogP contribution < -0.4 is 11.1 Å². The third kappa shape index (κ3) is 36.6. The van der Waals surface area contributed by atoms with Crippen molar-refractivity contribution in [2.45, 2.75) is 193 Å². The summed E-state index contributed by atoms with van der Waals surface area (Å²) in [7, 11) is -4.31. The van der Waals surface area contributed by atoms with E-state index in [0.29, 0.717) is 12.8 Å². The lowest BCUT2D eigenvalue weighted by atomic mass is 10.0. The summed E-state index contributed by atoms with van der Waals surface area (Å²) in [6.45, 7) is 4.06. The molecule has 0 saturated heterocycles. The average molecular weight is 739 g/mol. The zero-order chi connectivity index (χ0) is 37.5. The Labute approximate surface area is 313 Å². The second kappa shape index (κ2) is 38.2. The van der Waals surface area contributed by atoms with Gasteiger partial charge in [0.05, 0.1) is 25.4 Å². The van der Waals surface area contributed by atoms with E-state index in [1.165, 1.54) is 89.9 Å². The molecule has 0 heterocycles. The molecule has 3 unspecified atom stereocenters. The summed E-state index contributed by atoms with van der Waals surface area (Å²) in [6.07, 6.45) is 45.6. The van der Waals surface area contributed by atoms with Crippen LogP contribution in [0.4, 0.5) is 0 Å². The maximum Gasteiger partial charge on any atom is 0.472 e. The van der Waals surface area contributed by atoms with E-state index in [0.717, 1.165) is 64.2 Å². The van der Waals surface area contributed by atoms with Gasteiger partial charge in [0.15, 0.2) is 0 Å². The molecule has 298 valence electrons. The largest absolute Gasteiger partial charge is 0.472 e. The summed E-state index contributed by atoms with van der Waals surface area (Å²) in [4.78, 5) is 22.6. The van der Waals surface area contributed by atoms with Gasteiger partial charge >= 0.3 is 7.82 Å². The number of hydrogen-bond donors (Lipinski definition) is 4. The normalized spacial score (nSPS) is 14.7. The van der Waals surface area contributed by atoms with Crippen LogP contribution in [-0.4, -0.2) is 47.8 Å². The number of phosphoric acid groups is 1. The van der Waals surface area contributed by atoms with Crippen molar-refractivity contribution >= 4 is 13.7 Å². The summed E-state index contributed by atoms with van der Waals surface area (Å²) in [5.41, 5.74) is 5.36. The van der Waals surface area contributed by atoms with Crippen molar-refractivity contribution in [2.75, 3.05) is 19.8 Å². The minimum atomic E-state index is -4.31. The molecule has 0 aliphatic carbocycles. The molecule has 0 radical (unpaired) electrons. The Morgan fingerprint density at radius 3 is 1.67 bits per heavy atom. The molecule has 0 fully saturated rings. The fraction of sp³-hybridized carbons (Fsp3) is 0.786. The van der Waals surface area contributed by atoms with E-state index in [-0.39, 0.29) is 25.7 Å². The van der Waals surface area contributed by atoms with E-state index in [1.807, 2.05) is 0 Å². The number of carbonyl (C=O) groups excluding carboxylic acids is 1. The molecular formula is C42H79N2O6P. The Hall–Kier alpha value is -1.54. The fourth-order valence-electron chi connectivity index (χ4n) is 5.83. The molecule has 1 amide bonds. The van der Waals surface area contributed by atoms with E-state index >= 15 is 0 Å². The van der Waals surface area contributed by atoms with Crippen molar-refractivity contribution in [1.29, 1.82) is 0 Å². The number of nitrogens with one attached hydrogen (secondary N) is 1. The number of allylic oxidation sites excluding steroid dienone is 8. The molecule has 51 heavy (non-hydrogen) atoms. The first-order valence-corrected chi connectivity index (χ1v) is 22.2. The van der Waals surface area contributed by atoms with Crippen LogP contribution in [-0.2, 0) is 18.4 Å². The minimum absolute atomic E-state index is 0.0864. The topological polar surface area (TPSA) is 131 Å². The summed E-state index contributed by atoms with van der Waals surface area (Å²) in [5.74, 6) is -0.171. The SMILES string of the molecule is CC/C=C\C/C=C\C/C=C\C/C=C\CCCCCCCCCCCCC(=O)NC(COP(=O)(O)OCCN)C(O)CCCCCCCCCCC. The lowest BCUT2D eigenvalue weighted by molar-refractivity contribution is -0.123. The second-order valence-corrected chi connectivity index (χ2v) is 15.3. The standard InChI is InChI=1S/C42H79N2O6P/c1-3-5-7-9-11-13-14-15-16-17-18-19-20-21-22-23-24-25-26-28-30-32-34-36-42(46)44-40(39-50-51(47,48)49-38-37-43)41(45)35-33-31-29-27-12-10-8-6-4-2/h5,7,11,13,15-16,18-19,40-41,45H,3-4,6,8-10,12,14,17,20-39,43H2,1-2H3,(H,44,46)(H,47,48)/b7-5-,13-11-,16-15-,19-18-. The third-order valence-electron chi connectivity index (χ3n) is 8.95. The van der Waals surface area contributed by atoms with E-state index in [1.54, 1.807) is 0 Å². The van der Waals surface area contributed by atoms with Gasteiger partial charge in [-0.25, -0.2) is 4.57 Å². The van der Waals surface area contributed by atoms with Crippen molar-refractivity contribution in [3.05, 3.63) is 48.6 Å². The van der Waals surface area contributed by atoms with Gasteiger partial charge in [-0.1, -0.05) is 172 Å². The number of aliphatic hydroxyl groups excluding tert-OH is 1. The Morgan fingerprint density at radius 2 is 1.14 bits per heavy atom. The van der Waals surface area contributed by atoms with Crippen LogP contribution in [0.3, 0.4) is 0 Å². The van der Waals surface area contributed by atoms with Gasteiger partial charge in [-0.2, -0.15) is 0 Å². The Balaban J connectivity index is 4.06. The van der Waals surface area contributed by atoms with Crippen LogP contribution in [0.25, 0.3) is 0 Å². The maximum absolute atomic E-state index is 12.7. The van der Waals surface area contributed by atoms with Crippen molar-refractivity contribution in [3.8, 4) is 0 Å². The second-order valence-electron chi connectivity index (χ2n) is 13.8. The van der Waals surface area contributed by atoms with E-state index in [9.17, 15) is 19.4 Å². The van der Waals surface area contributed by atoms with Crippen molar-refractivity contribution in [3.63, 3.8) is 0 Å². The van der Waals surface area contributed by atoms with Crippen LogP contribution in [0.5, 0.6) is 0 Å². The molecule has 9 heteroatoms. The zero-order valence-electron chi connectivity index (χ0n) is 32.8. The van der Waals surface area contributed by atoms with Gasteiger partial charge in [0.1, 0.15) is 0 Å². The first-order valence-electron chi connectivity index (χ1n) is 20.8. The number of amides is 1. The first kappa shape index (κ1) is 49.5. The number of unbranched alkanes of at least 4 members (excludes halogenated alkanes) is 18. The number of rotatable bonds is 38. The molecule has 0 aromatic rings. The Bertz CT molecular complexity index is 938. The van der Waals surface area contributed by atoms with E-state index in [2.05, 4.69) is 67.8 Å². The lowest BCUT2D eigenvalue weighted by Crippen LogP contribution is -2.46. The molecular weight excluding hydrogens is 659 g/mol. The predicted molar refractivity (Wildman–Crippen MR) is 217 cm³/mol. The van der Waals surface area contributed by atoms with Crippen molar-refractivity contribution in [2.24, 2.45) is 5.73 Å². The van der Waals surface area contributed by atoms with Gasteiger partial charge in [-0.3, -0.25) is 13.8 Å².